The van der Waals surface area contributed by atoms with Crippen LogP contribution in [0.5, 0.6) is 0 Å². The summed E-state index contributed by atoms with van der Waals surface area (Å²) in [5.74, 6) is -2.12. The number of hydrogen-bond donors (Lipinski definition) is 3. The number of amides is 1. The molecule has 0 saturated heterocycles. The molecule has 4 rings (SSSR count). The topological polar surface area (TPSA) is 113 Å². The molecule has 0 spiro atoms. The van der Waals surface area contributed by atoms with Crippen LogP contribution in [0.2, 0.25) is 0 Å². The zero-order valence-corrected chi connectivity index (χ0v) is 22.6. The monoisotopic (exact) mass is 598 g/mol. The SMILES string of the molecule is O=C(Cc1c(F)cccc1F)Nc1nnc(CCSCCc2nnc(NC(O)Cc3c(F)cccc3F)s2)s1. The lowest BCUT2D eigenvalue weighted by Crippen LogP contribution is -2.22. The van der Waals surface area contributed by atoms with Gasteiger partial charge in [-0.05, 0) is 35.8 Å². The third kappa shape index (κ3) is 8.42. The molecule has 2 aromatic heterocycles. The number of aromatic nitrogens is 4. The van der Waals surface area contributed by atoms with Gasteiger partial charge in [-0.2, -0.15) is 11.8 Å². The maximum atomic E-state index is 13.8. The number of aliphatic hydroxyl groups is 1. The molecule has 15 heteroatoms. The maximum absolute atomic E-state index is 13.8. The molecule has 3 N–H and O–H groups in total. The van der Waals surface area contributed by atoms with Crippen LogP contribution in [0, 0.1) is 23.3 Å². The molecule has 2 aromatic carbocycles. The number of aliphatic hydroxyl groups excluding tert-OH is 1. The number of nitrogens with zero attached hydrogens (tertiary/aromatic N) is 4. The van der Waals surface area contributed by atoms with Crippen molar-refractivity contribution in [1.29, 1.82) is 0 Å². The number of thioether (sulfide) groups is 1. The van der Waals surface area contributed by atoms with Crippen LogP contribution in [0.15, 0.2) is 36.4 Å². The third-order valence-corrected chi connectivity index (χ3v) is 8.05. The van der Waals surface area contributed by atoms with E-state index in [1.54, 1.807) is 11.8 Å². The number of carbonyl (C=O) groups excluding carboxylic acids is 1. The number of rotatable bonds is 13. The van der Waals surface area contributed by atoms with Gasteiger partial charge in [-0.1, -0.05) is 34.8 Å². The lowest BCUT2D eigenvalue weighted by Gasteiger charge is -2.12. The Bertz CT molecular complexity index is 1380. The standard InChI is InChI=1S/C24H22F4N6O2S3/c25-15-3-1-4-16(26)13(15)11-19(35)29-23-33-31-21(38-23)7-9-37-10-8-22-32-34-24(39-22)30-20(36)12-14-17(27)5-2-6-18(14)28/h1-6,19,35H,7-12H2,(H,29,33)(H,30,34,36). The highest BCUT2D eigenvalue weighted by atomic mass is 32.2. The van der Waals surface area contributed by atoms with E-state index in [9.17, 15) is 27.5 Å². The molecule has 0 aliphatic carbocycles. The van der Waals surface area contributed by atoms with E-state index < -0.39 is 41.8 Å². The van der Waals surface area contributed by atoms with Gasteiger partial charge in [0, 0.05) is 30.4 Å². The third-order valence-electron chi connectivity index (χ3n) is 5.25. The van der Waals surface area contributed by atoms with Crippen molar-refractivity contribution in [2.75, 3.05) is 22.1 Å². The molecule has 206 valence electrons. The number of aryl methyl sites for hydroxylation is 2. The molecule has 0 aliphatic heterocycles. The summed E-state index contributed by atoms with van der Waals surface area (Å²) in [5.41, 5.74) is -0.509. The van der Waals surface area contributed by atoms with Crippen LogP contribution in [0.4, 0.5) is 27.8 Å². The van der Waals surface area contributed by atoms with Crippen LogP contribution in [0.1, 0.15) is 21.1 Å². The van der Waals surface area contributed by atoms with Gasteiger partial charge in [0.25, 0.3) is 0 Å². The summed E-state index contributed by atoms with van der Waals surface area (Å²) in [6.07, 6.45) is -0.693. The fourth-order valence-electron chi connectivity index (χ4n) is 3.38. The second-order valence-electron chi connectivity index (χ2n) is 8.10. The molecular weight excluding hydrogens is 576 g/mol. The first-order valence-electron chi connectivity index (χ1n) is 11.6. The second-order valence-corrected chi connectivity index (χ2v) is 11.5. The highest BCUT2D eigenvalue weighted by Crippen LogP contribution is 2.22. The highest BCUT2D eigenvalue weighted by molar-refractivity contribution is 7.99. The van der Waals surface area contributed by atoms with Gasteiger partial charge in [-0.15, -0.1) is 20.4 Å². The molecular formula is C24H22F4N6O2S3. The maximum Gasteiger partial charge on any atom is 0.230 e. The highest BCUT2D eigenvalue weighted by Gasteiger charge is 2.16. The van der Waals surface area contributed by atoms with E-state index in [0.717, 1.165) is 40.8 Å². The Balaban J connectivity index is 1.14. The Kier molecular flexibility index (Phi) is 10.2. The Morgan fingerprint density at radius 3 is 1.92 bits per heavy atom. The van der Waals surface area contributed by atoms with E-state index in [-0.39, 0.29) is 22.7 Å². The Morgan fingerprint density at radius 2 is 1.33 bits per heavy atom. The van der Waals surface area contributed by atoms with E-state index in [1.807, 2.05) is 0 Å². The van der Waals surface area contributed by atoms with Gasteiger partial charge in [0.05, 0.1) is 6.42 Å². The van der Waals surface area contributed by atoms with Gasteiger partial charge >= 0.3 is 0 Å². The molecule has 0 saturated carbocycles. The molecule has 0 aliphatic rings. The normalized spacial score (nSPS) is 11.9. The summed E-state index contributed by atoms with van der Waals surface area (Å²) in [6.45, 7) is 0. The first-order chi connectivity index (χ1) is 18.8. The van der Waals surface area contributed by atoms with Crippen LogP contribution in [0.25, 0.3) is 0 Å². The van der Waals surface area contributed by atoms with Crippen molar-refractivity contribution in [1.82, 2.24) is 20.4 Å². The van der Waals surface area contributed by atoms with Crippen molar-refractivity contribution < 1.29 is 27.5 Å². The smallest absolute Gasteiger partial charge is 0.230 e. The van der Waals surface area contributed by atoms with Crippen molar-refractivity contribution in [3.8, 4) is 0 Å². The van der Waals surface area contributed by atoms with Gasteiger partial charge in [-0.25, -0.2) is 17.6 Å². The number of nitrogens with one attached hydrogen (secondary N) is 2. The molecule has 4 aromatic rings. The minimum Gasteiger partial charge on any atom is -0.373 e. The van der Waals surface area contributed by atoms with Crippen LogP contribution in [0.3, 0.4) is 0 Å². The van der Waals surface area contributed by atoms with Crippen molar-refractivity contribution in [2.24, 2.45) is 0 Å². The zero-order valence-electron chi connectivity index (χ0n) is 20.2. The molecule has 1 unspecified atom stereocenters. The van der Waals surface area contributed by atoms with Crippen LogP contribution >= 0.6 is 34.4 Å². The molecule has 0 fully saturated rings. The summed E-state index contributed by atoms with van der Waals surface area (Å²) in [6, 6.07) is 6.95. The molecule has 1 amide bonds. The van der Waals surface area contributed by atoms with Gasteiger partial charge in [0.15, 0.2) is 0 Å². The lowest BCUT2D eigenvalue weighted by atomic mass is 10.1. The Morgan fingerprint density at radius 1 is 0.821 bits per heavy atom. The lowest BCUT2D eigenvalue weighted by molar-refractivity contribution is -0.115. The minimum absolute atomic E-state index is 0.207. The largest absolute Gasteiger partial charge is 0.373 e. The Labute approximate surface area is 232 Å². The summed E-state index contributed by atoms with van der Waals surface area (Å²) in [5, 5.41) is 33.4. The number of carbonyl (C=O) groups is 1. The molecule has 0 radical (unpaired) electrons. The van der Waals surface area contributed by atoms with Gasteiger partial charge in [-0.3, -0.25) is 4.79 Å². The zero-order chi connectivity index (χ0) is 27.8. The number of halogens is 4. The summed E-state index contributed by atoms with van der Waals surface area (Å²) in [4.78, 5) is 12.1. The van der Waals surface area contributed by atoms with Gasteiger partial charge < -0.3 is 15.7 Å². The van der Waals surface area contributed by atoms with Crippen LogP contribution in [-0.4, -0.2) is 49.1 Å². The van der Waals surface area contributed by atoms with Crippen molar-refractivity contribution in [3.63, 3.8) is 0 Å². The minimum atomic E-state index is -1.23. The van der Waals surface area contributed by atoms with Crippen LogP contribution < -0.4 is 10.6 Å². The molecule has 2 heterocycles. The van der Waals surface area contributed by atoms with E-state index in [4.69, 9.17) is 0 Å². The van der Waals surface area contributed by atoms with Crippen molar-refractivity contribution in [3.05, 3.63) is 80.8 Å². The fraction of sp³-hybridized carbons (Fsp3) is 0.292. The molecule has 39 heavy (non-hydrogen) atoms. The van der Waals surface area contributed by atoms with Gasteiger partial charge in [0.1, 0.15) is 39.5 Å². The predicted octanol–water partition coefficient (Wildman–Crippen LogP) is 4.62. The van der Waals surface area contributed by atoms with Gasteiger partial charge in [0.2, 0.25) is 16.2 Å². The van der Waals surface area contributed by atoms with E-state index >= 15 is 0 Å². The fourth-order valence-corrected chi connectivity index (χ4v) is 6.06. The molecule has 8 nitrogen and oxygen atoms in total. The first-order valence-corrected chi connectivity index (χ1v) is 14.4. The molecule has 0 bridgehead atoms. The summed E-state index contributed by atoms with van der Waals surface area (Å²) >= 11 is 4.09. The Hall–Kier alpha value is -3.14. The van der Waals surface area contributed by atoms with E-state index in [2.05, 4.69) is 31.0 Å². The first kappa shape index (κ1) is 28.9. The van der Waals surface area contributed by atoms with Crippen LogP contribution in [-0.2, 0) is 30.5 Å². The number of hydrogen-bond acceptors (Lipinski definition) is 10. The summed E-state index contributed by atoms with van der Waals surface area (Å²) in [7, 11) is 0. The number of benzene rings is 2. The van der Waals surface area contributed by atoms with Crippen molar-refractivity contribution >= 4 is 50.6 Å². The average Bonchev–Trinajstić information content (AvgIpc) is 3.53. The van der Waals surface area contributed by atoms with Crippen molar-refractivity contribution in [2.45, 2.75) is 31.9 Å². The number of anilines is 2. The summed E-state index contributed by atoms with van der Waals surface area (Å²) < 4.78 is 55.0. The average molecular weight is 599 g/mol. The predicted molar refractivity (Wildman–Crippen MR) is 143 cm³/mol. The molecule has 1 atom stereocenters. The second kappa shape index (κ2) is 13.8. The van der Waals surface area contributed by atoms with E-state index in [0.29, 0.717) is 23.0 Å². The quantitative estimate of drug-likeness (QED) is 0.116. The van der Waals surface area contributed by atoms with E-state index in [1.165, 1.54) is 34.8 Å².